The zero-order valence-corrected chi connectivity index (χ0v) is 22.8. The number of ether oxygens (including phenoxy) is 1. The Kier molecular flexibility index (Phi) is 7.00. The number of hydrogen-bond acceptors (Lipinski definition) is 6. The van der Waals surface area contributed by atoms with Crippen LogP contribution in [0.3, 0.4) is 0 Å². The Balaban J connectivity index is 1.08. The second-order valence-electron chi connectivity index (χ2n) is 9.79. The number of cyclic esters (lactones) is 1. The first-order valence-electron chi connectivity index (χ1n) is 13.1. The van der Waals surface area contributed by atoms with Crippen LogP contribution in [0.25, 0.3) is 16.6 Å². The van der Waals surface area contributed by atoms with Crippen molar-refractivity contribution in [2.24, 2.45) is 0 Å². The van der Waals surface area contributed by atoms with Crippen LogP contribution in [-0.4, -0.2) is 54.9 Å². The van der Waals surface area contributed by atoms with Gasteiger partial charge in [0.2, 0.25) is 0 Å². The first kappa shape index (κ1) is 26.3. The van der Waals surface area contributed by atoms with E-state index in [4.69, 9.17) is 16.3 Å². The van der Waals surface area contributed by atoms with Gasteiger partial charge in [0.15, 0.2) is 17.5 Å². The van der Waals surface area contributed by atoms with Gasteiger partial charge in [0, 0.05) is 48.3 Å². The van der Waals surface area contributed by atoms with Crippen LogP contribution in [0, 0.1) is 18.8 Å². The minimum absolute atomic E-state index is 0.0967. The number of Topliss-reactive ketones (excluding diaryl/α,β-unsaturated/α-hetero) is 1. The molecule has 0 bridgehead atoms. The number of nitrogens with zero attached hydrogens (tertiary/aromatic N) is 4. The number of benzene rings is 2. The van der Waals surface area contributed by atoms with Gasteiger partial charge >= 0.3 is 6.09 Å². The van der Waals surface area contributed by atoms with Crippen molar-refractivity contribution in [2.75, 3.05) is 6.54 Å². The lowest BCUT2D eigenvalue weighted by Gasteiger charge is -2.11. The number of fused-ring (bicyclic) bond motifs is 2. The SMILES string of the molecule is Cc1ccc(C(=O)CCCN2C(=O)OC(Cc3c[nH]c4c(Cl)cccc34)C2=O)cc1C#Cc1cnc2cccnn12. The quantitative estimate of drug-likeness (QED) is 0.216. The van der Waals surface area contributed by atoms with Crippen LogP contribution >= 0.6 is 11.6 Å². The highest BCUT2D eigenvalue weighted by atomic mass is 35.5. The molecule has 204 valence electrons. The van der Waals surface area contributed by atoms with Gasteiger partial charge in [-0.25, -0.2) is 19.2 Å². The van der Waals surface area contributed by atoms with Crippen LogP contribution in [0.4, 0.5) is 4.79 Å². The summed E-state index contributed by atoms with van der Waals surface area (Å²) in [5.74, 6) is 5.70. The molecule has 41 heavy (non-hydrogen) atoms. The standard InChI is InChI=1S/C31H24ClN5O4/c1-19-9-10-21(15-20(19)11-12-23-18-33-28-8-3-13-35-37(23)28)26(38)7-4-14-36-30(39)27(41-31(36)40)16-22-17-34-29-24(22)5-2-6-25(29)32/h2-3,5-6,8-10,13,15,17-18,27,34H,4,7,14,16H2,1H3. The van der Waals surface area contributed by atoms with E-state index in [1.165, 1.54) is 0 Å². The highest BCUT2D eigenvalue weighted by Crippen LogP contribution is 2.28. The van der Waals surface area contributed by atoms with Crippen molar-refractivity contribution >= 4 is 45.9 Å². The zero-order valence-electron chi connectivity index (χ0n) is 22.1. The summed E-state index contributed by atoms with van der Waals surface area (Å²) in [4.78, 5) is 46.9. The topological polar surface area (TPSA) is 110 Å². The summed E-state index contributed by atoms with van der Waals surface area (Å²) < 4.78 is 7.03. The number of imidazole rings is 1. The predicted octanol–water partition coefficient (Wildman–Crippen LogP) is 5.13. The molecule has 0 spiro atoms. The molecule has 5 aromatic rings. The molecular formula is C31H24ClN5O4. The van der Waals surface area contributed by atoms with E-state index in [-0.39, 0.29) is 25.2 Å². The summed E-state index contributed by atoms with van der Waals surface area (Å²) in [6.07, 6.45) is 4.20. The molecule has 0 aliphatic carbocycles. The Labute approximate surface area is 240 Å². The van der Waals surface area contributed by atoms with Crippen LogP contribution in [0.2, 0.25) is 5.02 Å². The second kappa shape index (κ2) is 10.9. The average Bonchev–Trinajstić information content (AvgIpc) is 3.65. The molecule has 2 amide bonds. The fourth-order valence-corrected chi connectivity index (χ4v) is 5.12. The minimum atomic E-state index is -0.919. The number of para-hydroxylation sites is 1. The molecule has 1 aliphatic heterocycles. The van der Waals surface area contributed by atoms with Gasteiger partial charge in [-0.05, 0) is 54.7 Å². The molecule has 10 heteroatoms. The number of hydrogen-bond donors (Lipinski definition) is 1. The van der Waals surface area contributed by atoms with Crippen LogP contribution in [0.5, 0.6) is 0 Å². The van der Waals surface area contributed by atoms with Gasteiger partial charge in [0.25, 0.3) is 5.91 Å². The van der Waals surface area contributed by atoms with Crippen molar-refractivity contribution in [1.82, 2.24) is 24.5 Å². The van der Waals surface area contributed by atoms with E-state index in [2.05, 4.69) is 26.9 Å². The summed E-state index contributed by atoms with van der Waals surface area (Å²) in [6.45, 7) is 2.02. The van der Waals surface area contributed by atoms with E-state index in [1.807, 2.05) is 37.3 Å². The molecule has 1 N–H and O–H groups in total. The maximum atomic E-state index is 13.0. The van der Waals surface area contributed by atoms with Crippen molar-refractivity contribution in [3.63, 3.8) is 0 Å². The van der Waals surface area contributed by atoms with Gasteiger partial charge in [-0.3, -0.25) is 9.59 Å². The van der Waals surface area contributed by atoms with Crippen LogP contribution in [0.1, 0.15) is 45.6 Å². The number of rotatable bonds is 7. The number of carbonyl (C=O) groups excluding carboxylic acids is 3. The number of aryl methyl sites for hydroxylation is 1. The Morgan fingerprint density at radius 3 is 2.90 bits per heavy atom. The first-order chi connectivity index (χ1) is 19.9. The molecule has 1 atom stereocenters. The monoisotopic (exact) mass is 565 g/mol. The third-order valence-corrected chi connectivity index (χ3v) is 7.42. The van der Waals surface area contributed by atoms with E-state index >= 15 is 0 Å². The number of aromatic amines is 1. The Hall–Kier alpha value is -4.94. The van der Waals surface area contributed by atoms with Gasteiger partial charge in [-0.1, -0.05) is 41.8 Å². The number of aromatic nitrogens is 4. The molecule has 1 unspecified atom stereocenters. The lowest BCUT2D eigenvalue weighted by atomic mass is 10.0. The maximum Gasteiger partial charge on any atom is 0.417 e. The summed E-state index contributed by atoms with van der Waals surface area (Å²) in [5, 5.41) is 5.72. The van der Waals surface area contributed by atoms with E-state index in [1.54, 1.807) is 41.3 Å². The number of nitrogens with one attached hydrogen (secondary N) is 1. The Morgan fingerprint density at radius 2 is 2.02 bits per heavy atom. The minimum Gasteiger partial charge on any atom is -0.435 e. The number of carbonyl (C=O) groups is 3. The third kappa shape index (κ3) is 5.17. The molecule has 2 aromatic carbocycles. The molecule has 0 radical (unpaired) electrons. The smallest absolute Gasteiger partial charge is 0.417 e. The van der Waals surface area contributed by atoms with E-state index in [0.29, 0.717) is 28.3 Å². The fraction of sp³-hybridized carbons (Fsp3) is 0.194. The second-order valence-corrected chi connectivity index (χ2v) is 10.2. The summed E-state index contributed by atoms with van der Waals surface area (Å²) >= 11 is 6.23. The van der Waals surface area contributed by atoms with Crippen LogP contribution in [0.15, 0.2) is 67.1 Å². The number of imide groups is 1. The van der Waals surface area contributed by atoms with Crippen molar-refractivity contribution in [3.8, 4) is 11.8 Å². The largest absolute Gasteiger partial charge is 0.435 e. The molecule has 3 aromatic heterocycles. The fourth-order valence-electron chi connectivity index (χ4n) is 4.89. The van der Waals surface area contributed by atoms with Crippen molar-refractivity contribution < 1.29 is 19.1 Å². The van der Waals surface area contributed by atoms with Gasteiger partial charge < -0.3 is 9.72 Å². The Morgan fingerprint density at radius 1 is 1.15 bits per heavy atom. The van der Waals surface area contributed by atoms with Gasteiger partial charge in [0.05, 0.1) is 16.7 Å². The lowest BCUT2D eigenvalue weighted by Crippen LogP contribution is -2.33. The van der Waals surface area contributed by atoms with Crippen molar-refractivity contribution in [3.05, 3.63) is 100 Å². The molecule has 9 nitrogen and oxygen atoms in total. The first-order valence-corrected chi connectivity index (χ1v) is 13.5. The summed E-state index contributed by atoms with van der Waals surface area (Å²) in [7, 11) is 0. The van der Waals surface area contributed by atoms with Crippen molar-refractivity contribution in [1.29, 1.82) is 0 Å². The predicted molar refractivity (Wildman–Crippen MR) is 153 cm³/mol. The zero-order chi connectivity index (χ0) is 28.5. The molecule has 1 saturated heterocycles. The lowest BCUT2D eigenvalue weighted by molar-refractivity contribution is -0.129. The van der Waals surface area contributed by atoms with E-state index in [0.717, 1.165) is 32.5 Å². The van der Waals surface area contributed by atoms with Crippen LogP contribution in [-0.2, 0) is 16.0 Å². The van der Waals surface area contributed by atoms with Crippen molar-refractivity contribution in [2.45, 2.75) is 32.3 Å². The van der Waals surface area contributed by atoms with Gasteiger partial charge in [-0.2, -0.15) is 5.10 Å². The average molecular weight is 566 g/mol. The molecule has 6 rings (SSSR count). The normalized spacial score (nSPS) is 14.9. The summed E-state index contributed by atoms with van der Waals surface area (Å²) in [5.41, 5.74) is 5.13. The highest BCUT2D eigenvalue weighted by molar-refractivity contribution is 6.35. The Bertz CT molecular complexity index is 1900. The summed E-state index contributed by atoms with van der Waals surface area (Å²) in [6, 6.07) is 14.5. The van der Waals surface area contributed by atoms with Gasteiger partial charge in [-0.15, -0.1) is 0 Å². The number of H-pyrrole nitrogens is 1. The van der Waals surface area contributed by atoms with Crippen LogP contribution < -0.4 is 0 Å². The van der Waals surface area contributed by atoms with E-state index in [9.17, 15) is 14.4 Å². The number of halogens is 1. The van der Waals surface area contributed by atoms with E-state index < -0.39 is 18.1 Å². The molecule has 4 heterocycles. The maximum absolute atomic E-state index is 13.0. The highest BCUT2D eigenvalue weighted by Gasteiger charge is 2.40. The number of ketones is 1. The molecular weight excluding hydrogens is 542 g/mol. The number of amides is 2. The van der Waals surface area contributed by atoms with Gasteiger partial charge in [0.1, 0.15) is 5.69 Å². The third-order valence-electron chi connectivity index (χ3n) is 7.11. The molecule has 0 saturated carbocycles. The molecule has 1 aliphatic rings. The molecule has 1 fully saturated rings.